The van der Waals surface area contributed by atoms with E-state index >= 15 is 0 Å². The molecule has 1 aliphatic rings. The van der Waals surface area contributed by atoms with Crippen molar-refractivity contribution in [1.82, 2.24) is 5.32 Å². The molecule has 0 atom stereocenters. The third-order valence-corrected chi connectivity index (χ3v) is 8.55. The summed E-state index contributed by atoms with van der Waals surface area (Å²) >= 11 is 1.36. The molecule has 0 spiro atoms. The van der Waals surface area contributed by atoms with Crippen LogP contribution in [-0.2, 0) is 27.8 Å². The fourth-order valence-corrected chi connectivity index (χ4v) is 5.94. The summed E-state index contributed by atoms with van der Waals surface area (Å²) in [6.45, 7) is 0.470. The van der Waals surface area contributed by atoms with Crippen LogP contribution < -0.4 is 15.4 Å². The lowest BCUT2D eigenvalue weighted by molar-refractivity contribution is -0.114. The Labute approximate surface area is 241 Å². The number of anilines is 1. The molecule has 0 radical (unpaired) electrons. The zero-order chi connectivity index (χ0) is 29.0. The Morgan fingerprint density at radius 1 is 0.927 bits per heavy atom. The average Bonchev–Trinajstić information content (AvgIpc) is 2.96. The average molecular weight is 588 g/mol. The second-order valence-electron chi connectivity index (χ2n) is 9.38. The number of amides is 2. The highest BCUT2D eigenvalue weighted by molar-refractivity contribution is 8.04. The summed E-state index contributed by atoms with van der Waals surface area (Å²) in [5.41, 5.74) is 3.23. The third kappa shape index (κ3) is 6.74. The van der Waals surface area contributed by atoms with Crippen LogP contribution in [0.2, 0.25) is 0 Å². The predicted octanol–water partition coefficient (Wildman–Crippen LogP) is 5.13. The lowest BCUT2D eigenvalue weighted by atomic mass is 10.1. The Balaban J connectivity index is 1.25. The zero-order valence-corrected chi connectivity index (χ0v) is 23.4. The van der Waals surface area contributed by atoms with Crippen molar-refractivity contribution >= 4 is 45.4 Å². The monoisotopic (exact) mass is 587 g/mol. The first kappa shape index (κ1) is 28.3. The van der Waals surface area contributed by atoms with Crippen molar-refractivity contribution in [2.24, 2.45) is 5.14 Å². The maximum absolute atomic E-state index is 14.4. The molecule has 3 N–H and O–H groups in total. The smallest absolute Gasteiger partial charge is 0.265 e. The molecule has 4 aromatic carbocycles. The number of fused-ring (bicyclic) bond motifs is 1. The van der Waals surface area contributed by atoms with Crippen LogP contribution >= 0.6 is 11.8 Å². The van der Waals surface area contributed by atoms with Gasteiger partial charge in [-0.15, -0.1) is 0 Å². The first-order valence-electron chi connectivity index (χ1n) is 12.7. The van der Waals surface area contributed by atoms with Gasteiger partial charge in [0.2, 0.25) is 10.0 Å². The molecule has 41 heavy (non-hydrogen) atoms. The van der Waals surface area contributed by atoms with E-state index in [9.17, 15) is 22.4 Å². The standard InChI is InChI=1S/C31H26FN3O4S2/c32-26-6-2-1-5-24(26)20-35-27-7-3-4-8-28(27)40-29(31(35)37)19-22-9-13-23(14-10-22)30(36)34-18-17-21-11-15-25(16-12-21)41(33,38)39/h1-16,19H,17-18,20H2,(H,34,36)(H2,33,38,39)/b29-19-. The van der Waals surface area contributed by atoms with E-state index in [-0.39, 0.29) is 29.1 Å². The van der Waals surface area contributed by atoms with Crippen LogP contribution in [0.3, 0.4) is 0 Å². The molecule has 4 aromatic rings. The molecule has 5 rings (SSSR count). The van der Waals surface area contributed by atoms with Crippen LogP contribution in [0.1, 0.15) is 27.0 Å². The topological polar surface area (TPSA) is 110 Å². The molecule has 208 valence electrons. The number of nitrogens with one attached hydrogen (secondary N) is 1. The van der Waals surface area contributed by atoms with E-state index in [0.29, 0.717) is 29.0 Å². The van der Waals surface area contributed by atoms with Gasteiger partial charge in [-0.25, -0.2) is 17.9 Å². The number of carbonyl (C=O) groups is 2. The summed E-state index contributed by atoms with van der Waals surface area (Å²) < 4.78 is 37.2. The fraction of sp³-hybridized carbons (Fsp3) is 0.0968. The molecule has 1 aliphatic heterocycles. The van der Waals surface area contributed by atoms with Crippen molar-refractivity contribution in [2.75, 3.05) is 11.4 Å². The minimum Gasteiger partial charge on any atom is -0.352 e. The Kier molecular flexibility index (Phi) is 8.34. The number of halogens is 1. The minimum atomic E-state index is -3.75. The SMILES string of the molecule is NS(=O)(=O)c1ccc(CCNC(=O)c2ccc(/C=C3\Sc4ccccc4N(Cc4ccccc4F)C3=O)cc2)cc1. The van der Waals surface area contributed by atoms with Gasteiger partial charge in [-0.2, -0.15) is 0 Å². The second kappa shape index (κ2) is 12.1. The minimum absolute atomic E-state index is 0.0377. The van der Waals surface area contributed by atoms with Gasteiger partial charge in [-0.1, -0.05) is 66.4 Å². The van der Waals surface area contributed by atoms with Gasteiger partial charge in [0.15, 0.2) is 0 Å². The highest BCUT2D eigenvalue weighted by Crippen LogP contribution is 2.42. The first-order valence-corrected chi connectivity index (χ1v) is 15.1. The number of primary sulfonamides is 1. The lowest BCUT2D eigenvalue weighted by Gasteiger charge is -2.30. The van der Waals surface area contributed by atoms with Gasteiger partial charge in [-0.05, 0) is 66.1 Å². The fourth-order valence-electron chi connectivity index (χ4n) is 4.37. The van der Waals surface area contributed by atoms with Crippen molar-refractivity contribution in [3.63, 3.8) is 0 Å². The molecule has 0 bridgehead atoms. The van der Waals surface area contributed by atoms with E-state index in [0.717, 1.165) is 21.7 Å². The van der Waals surface area contributed by atoms with E-state index in [1.54, 1.807) is 65.6 Å². The number of rotatable bonds is 8. The molecule has 0 fully saturated rings. The molecular weight excluding hydrogens is 561 g/mol. The zero-order valence-electron chi connectivity index (χ0n) is 21.8. The number of carbonyl (C=O) groups excluding carboxylic acids is 2. The van der Waals surface area contributed by atoms with E-state index in [2.05, 4.69) is 5.32 Å². The Morgan fingerprint density at radius 3 is 2.32 bits per heavy atom. The number of nitrogens with two attached hydrogens (primary N) is 1. The van der Waals surface area contributed by atoms with Gasteiger partial charge >= 0.3 is 0 Å². The number of thioether (sulfide) groups is 1. The molecular formula is C31H26FN3O4S2. The van der Waals surface area contributed by atoms with Crippen molar-refractivity contribution in [3.8, 4) is 0 Å². The number of hydrogen-bond donors (Lipinski definition) is 2. The molecule has 7 nitrogen and oxygen atoms in total. The normalized spacial score (nSPS) is 14.1. The third-order valence-electron chi connectivity index (χ3n) is 6.54. The Morgan fingerprint density at radius 2 is 1.61 bits per heavy atom. The summed E-state index contributed by atoms with van der Waals surface area (Å²) in [4.78, 5) is 29.1. The molecule has 10 heteroatoms. The number of nitrogens with zero attached hydrogens (tertiary/aromatic N) is 1. The summed E-state index contributed by atoms with van der Waals surface area (Å²) in [7, 11) is -3.75. The number of hydrogen-bond acceptors (Lipinski definition) is 5. The van der Waals surface area contributed by atoms with Crippen LogP contribution in [0.15, 0.2) is 112 Å². The van der Waals surface area contributed by atoms with Crippen LogP contribution in [0.5, 0.6) is 0 Å². The Hall–Kier alpha value is -4.25. The van der Waals surface area contributed by atoms with E-state index in [1.807, 2.05) is 24.3 Å². The summed E-state index contributed by atoms with van der Waals surface area (Å²) in [5.74, 6) is -0.843. The van der Waals surface area contributed by atoms with E-state index in [1.165, 1.54) is 30.0 Å². The van der Waals surface area contributed by atoms with Gasteiger partial charge in [0.1, 0.15) is 5.82 Å². The van der Waals surface area contributed by atoms with Gasteiger partial charge in [0, 0.05) is 22.6 Å². The Bertz CT molecular complexity index is 1740. The molecule has 0 saturated heterocycles. The van der Waals surface area contributed by atoms with Crippen LogP contribution in [0.25, 0.3) is 6.08 Å². The van der Waals surface area contributed by atoms with E-state index in [4.69, 9.17) is 5.14 Å². The highest BCUT2D eigenvalue weighted by Gasteiger charge is 2.29. The summed E-state index contributed by atoms with van der Waals surface area (Å²) in [5, 5.41) is 7.97. The number of benzene rings is 4. The summed E-state index contributed by atoms with van der Waals surface area (Å²) in [6, 6.07) is 27.0. The maximum atomic E-state index is 14.4. The van der Waals surface area contributed by atoms with Crippen molar-refractivity contribution < 1.29 is 22.4 Å². The van der Waals surface area contributed by atoms with Gasteiger partial charge in [0.05, 0.1) is 22.0 Å². The largest absolute Gasteiger partial charge is 0.352 e. The van der Waals surface area contributed by atoms with Gasteiger partial charge in [-0.3, -0.25) is 9.59 Å². The summed E-state index contributed by atoms with van der Waals surface area (Å²) in [6.07, 6.45) is 2.29. The maximum Gasteiger partial charge on any atom is 0.265 e. The number of para-hydroxylation sites is 1. The molecule has 2 amide bonds. The predicted molar refractivity (Wildman–Crippen MR) is 158 cm³/mol. The van der Waals surface area contributed by atoms with E-state index < -0.39 is 10.0 Å². The molecule has 0 aromatic heterocycles. The van der Waals surface area contributed by atoms with Gasteiger partial charge in [0.25, 0.3) is 11.8 Å². The van der Waals surface area contributed by atoms with Crippen LogP contribution in [0.4, 0.5) is 10.1 Å². The lowest BCUT2D eigenvalue weighted by Crippen LogP contribution is -2.34. The van der Waals surface area contributed by atoms with Crippen molar-refractivity contribution in [3.05, 3.63) is 130 Å². The van der Waals surface area contributed by atoms with Crippen LogP contribution in [0, 0.1) is 5.82 Å². The van der Waals surface area contributed by atoms with Crippen molar-refractivity contribution in [1.29, 1.82) is 0 Å². The molecule has 0 aliphatic carbocycles. The highest BCUT2D eigenvalue weighted by atomic mass is 32.2. The number of sulfonamides is 1. The second-order valence-corrected chi connectivity index (χ2v) is 12.0. The van der Waals surface area contributed by atoms with Crippen molar-refractivity contribution in [2.45, 2.75) is 22.8 Å². The quantitative estimate of drug-likeness (QED) is 0.278. The molecule has 0 saturated carbocycles. The first-order chi connectivity index (χ1) is 19.7. The molecule has 1 heterocycles. The molecule has 0 unspecified atom stereocenters. The van der Waals surface area contributed by atoms with Gasteiger partial charge < -0.3 is 10.2 Å². The van der Waals surface area contributed by atoms with Crippen LogP contribution in [-0.4, -0.2) is 26.8 Å².